The van der Waals surface area contributed by atoms with Gasteiger partial charge in [0.25, 0.3) is 5.91 Å². The lowest BCUT2D eigenvalue weighted by atomic mass is 9.87. The molecule has 0 N–H and O–H groups in total. The average Bonchev–Trinajstić information content (AvgIpc) is 2.71. The molecule has 0 radical (unpaired) electrons. The summed E-state index contributed by atoms with van der Waals surface area (Å²) in [6.45, 7) is 6.60. The minimum Gasteiger partial charge on any atom is -0.462 e. The summed E-state index contributed by atoms with van der Waals surface area (Å²) in [7, 11) is 0. The molecule has 1 atom stereocenters. The average molecular weight is 380 g/mol. The number of carbonyl (C=O) groups excluding carboxylic acids is 2. The lowest BCUT2D eigenvalue weighted by molar-refractivity contribution is 0.0523. The summed E-state index contributed by atoms with van der Waals surface area (Å²) in [6.07, 6.45) is 3.72. The van der Waals surface area contributed by atoms with Gasteiger partial charge >= 0.3 is 5.97 Å². The van der Waals surface area contributed by atoms with Gasteiger partial charge in [0.15, 0.2) is 0 Å². The van der Waals surface area contributed by atoms with Gasteiger partial charge in [0, 0.05) is 12.6 Å². The second kappa shape index (κ2) is 9.00. The van der Waals surface area contributed by atoms with Crippen molar-refractivity contribution in [2.24, 2.45) is 0 Å². The van der Waals surface area contributed by atoms with Crippen LogP contribution in [0.2, 0.25) is 0 Å². The van der Waals surface area contributed by atoms with E-state index in [1.165, 1.54) is 11.1 Å². The Morgan fingerprint density at radius 2 is 1.89 bits per heavy atom. The molecule has 0 saturated carbocycles. The van der Waals surface area contributed by atoms with Crippen molar-refractivity contribution in [1.82, 2.24) is 9.88 Å². The van der Waals surface area contributed by atoms with Gasteiger partial charge in [-0.1, -0.05) is 31.2 Å². The van der Waals surface area contributed by atoms with Crippen molar-refractivity contribution in [3.05, 3.63) is 64.5 Å². The van der Waals surface area contributed by atoms with Crippen LogP contribution >= 0.6 is 0 Å². The molecule has 0 spiro atoms. The minimum absolute atomic E-state index is 0.0651. The number of benzene rings is 1. The van der Waals surface area contributed by atoms with Crippen LogP contribution in [0.3, 0.4) is 0 Å². The molecule has 1 amide bonds. The van der Waals surface area contributed by atoms with Gasteiger partial charge in [0.2, 0.25) is 0 Å². The molecule has 1 unspecified atom stereocenters. The third-order valence-corrected chi connectivity index (χ3v) is 5.29. The van der Waals surface area contributed by atoms with Crippen LogP contribution in [0.15, 0.2) is 36.4 Å². The van der Waals surface area contributed by atoms with Gasteiger partial charge in [-0.3, -0.25) is 4.79 Å². The van der Waals surface area contributed by atoms with Gasteiger partial charge in [-0.2, -0.15) is 0 Å². The van der Waals surface area contributed by atoms with E-state index in [4.69, 9.17) is 4.74 Å². The molecule has 0 aliphatic heterocycles. The van der Waals surface area contributed by atoms with Crippen LogP contribution in [0.1, 0.15) is 64.4 Å². The molecule has 5 nitrogen and oxygen atoms in total. The van der Waals surface area contributed by atoms with Crippen LogP contribution in [0.4, 0.5) is 0 Å². The summed E-state index contributed by atoms with van der Waals surface area (Å²) in [5.41, 5.74) is 4.03. The zero-order valence-corrected chi connectivity index (χ0v) is 16.9. The molecular weight excluding hydrogens is 352 g/mol. The van der Waals surface area contributed by atoms with Gasteiger partial charge in [0.05, 0.1) is 17.9 Å². The third-order valence-electron chi connectivity index (χ3n) is 5.29. The Labute approximate surface area is 166 Å². The SMILES string of the molecule is CCCN(C(=O)c1ccc(C(=O)OCC)c(C)n1)C1CCc2ccccc2C1. The lowest BCUT2D eigenvalue weighted by Crippen LogP contribution is -2.44. The van der Waals surface area contributed by atoms with Gasteiger partial charge in [0.1, 0.15) is 5.69 Å². The highest BCUT2D eigenvalue weighted by molar-refractivity contribution is 5.95. The standard InChI is InChI=1S/C23H28N2O3/c1-4-14-25(19-11-10-17-8-6-7-9-18(17)15-19)22(26)21-13-12-20(16(3)24-21)23(27)28-5-2/h6-9,12-13,19H,4-5,10-11,14-15H2,1-3H3. The number of aromatic nitrogens is 1. The highest BCUT2D eigenvalue weighted by Gasteiger charge is 2.29. The van der Waals surface area contributed by atoms with Crippen molar-refractivity contribution in [1.29, 1.82) is 0 Å². The second-order valence-electron chi connectivity index (χ2n) is 7.21. The van der Waals surface area contributed by atoms with Crippen molar-refractivity contribution in [2.45, 2.75) is 52.5 Å². The van der Waals surface area contributed by atoms with Crippen molar-refractivity contribution in [3.63, 3.8) is 0 Å². The zero-order chi connectivity index (χ0) is 20.1. The number of pyridine rings is 1. The first kappa shape index (κ1) is 20.1. The second-order valence-corrected chi connectivity index (χ2v) is 7.21. The number of hydrogen-bond acceptors (Lipinski definition) is 4. The molecule has 1 aliphatic rings. The molecule has 5 heteroatoms. The Morgan fingerprint density at radius 1 is 1.14 bits per heavy atom. The monoisotopic (exact) mass is 380 g/mol. The molecule has 1 aromatic carbocycles. The van der Waals surface area contributed by atoms with E-state index in [0.29, 0.717) is 30.1 Å². The Kier molecular flexibility index (Phi) is 6.45. The number of fused-ring (bicyclic) bond motifs is 1. The molecule has 1 aliphatic carbocycles. The van der Waals surface area contributed by atoms with E-state index in [-0.39, 0.29) is 11.9 Å². The van der Waals surface area contributed by atoms with Gasteiger partial charge in [-0.25, -0.2) is 9.78 Å². The fourth-order valence-electron chi connectivity index (χ4n) is 3.89. The number of carbonyl (C=O) groups is 2. The van der Waals surface area contributed by atoms with Gasteiger partial charge < -0.3 is 9.64 Å². The molecule has 148 valence electrons. The summed E-state index contributed by atoms with van der Waals surface area (Å²) in [5, 5.41) is 0. The van der Waals surface area contributed by atoms with E-state index in [2.05, 4.69) is 36.2 Å². The van der Waals surface area contributed by atoms with Gasteiger partial charge in [-0.15, -0.1) is 0 Å². The molecule has 2 aromatic rings. The molecule has 0 bridgehead atoms. The van der Waals surface area contributed by atoms with Crippen LogP contribution in [-0.2, 0) is 17.6 Å². The van der Waals surface area contributed by atoms with Crippen LogP contribution in [-0.4, -0.2) is 41.0 Å². The predicted molar refractivity (Wildman–Crippen MR) is 109 cm³/mol. The number of aryl methyl sites for hydroxylation is 2. The summed E-state index contributed by atoms with van der Waals surface area (Å²) in [6, 6.07) is 11.9. The highest BCUT2D eigenvalue weighted by Crippen LogP contribution is 2.26. The molecule has 3 rings (SSSR count). The molecular formula is C23H28N2O3. The quantitative estimate of drug-likeness (QED) is 0.712. The highest BCUT2D eigenvalue weighted by atomic mass is 16.5. The van der Waals surface area contributed by atoms with E-state index < -0.39 is 5.97 Å². The maximum Gasteiger partial charge on any atom is 0.339 e. The van der Waals surface area contributed by atoms with Crippen molar-refractivity contribution < 1.29 is 14.3 Å². The van der Waals surface area contributed by atoms with E-state index in [1.807, 2.05) is 4.90 Å². The zero-order valence-electron chi connectivity index (χ0n) is 16.9. The Balaban J connectivity index is 1.82. The van der Waals surface area contributed by atoms with Crippen molar-refractivity contribution in [3.8, 4) is 0 Å². The molecule has 0 fully saturated rings. The molecule has 1 aromatic heterocycles. The van der Waals surface area contributed by atoms with E-state index in [1.54, 1.807) is 26.0 Å². The predicted octanol–water partition coefficient (Wildman–Crippen LogP) is 3.98. The number of rotatable bonds is 6. The molecule has 28 heavy (non-hydrogen) atoms. The summed E-state index contributed by atoms with van der Waals surface area (Å²) in [5.74, 6) is -0.467. The number of ether oxygens (including phenoxy) is 1. The summed E-state index contributed by atoms with van der Waals surface area (Å²) >= 11 is 0. The third kappa shape index (κ3) is 4.24. The maximum atomic E-state index is 13.3. The summed E-state index contributed by atoms with van der Waals surface area (Å²) in [4.78, 5) is 31.6. The summed E-state index contributed by atoms with van der Waals surface area (Å²) < 4.78 is 5.05. The lowest BCUT2D eigenvalue weighted by Gasteiger charge is -2.35. The topological polar surface area (TPSA) is 59.5 Å². The number of amides is 1. The first-order chi connectivity index (χ1) is 13.5. The van der Waals surface area contributed by atoms with Gasteiger partial charge in [-0.05, 0) is 62.8 Å². The van der Waals surface area contributed by atoms with Crippen LogP contribution in [0.25, 0.3) is 0 Å². The van der Waals surface area contributed by atoms with Crippen LogP contribution < -0.4 is 0 Å². The number of hydrogen-bond donors (Lipinski definition) is 0. The Morgan fingerprint density at radius 3 is 2.57 bits per heavy atom. The normalized spacial score (nSPS) is 15.6. The van der Waals surface area contributed by atoms with E-state index in [0.717, 1.165) is 25.7 Å². The fraction of sp³-hybridized carbons (Fsp3) is 0.435. The fourth-order valence-corrected chi connectivity index (χ4v) is 3.89. The Hall–Kier alpha value is -2.69. The van der Waals surface area contributed by atoms with E-state index >= 15 is 0 Å². The number of nitrogens with zero attached hydrogens (tertiary/aromatic N) is 2. The molecule has 1 heterocycles. The minimum atomic E-state index is -0.402. The number of esters is 1. The molecule has 0 saturated heterocycles. The van der Waals surface area contributed by atoms with Crippen molar-refractivity contribution in [2.75, 3.05) is 13.2 Å². The smallest absolute Gasteiger partial charge is 0.339 e. The first-order valence-electron chi connectivity index (χ1n) is 10.1. The maximum absolute atomic E-state index is 13.3. The Bertz CT molecular complexity index is 863. The first-order valence-corrected chi connectivity index (χ1v) is 10.1. The van der Waals surface area contributed by atoms with Crippen LogP contribution in [0.5, 0.6) is 0 Å². The largest absolute Gasteiger partial charge is 0.462 e. The van der Waals surface area contributed by atoms with Crippen molar-refractivity contribution >= 4 is 11.9 Å². The van der Waals surface area contributed by atoms with Crippen LogP contribution in [0, 0.1) is 6.92 Å². The van der Waals surface area contributed by atoms with E-state index in [9.17, 15) is 9.59 Å².